The Labute approximate surface area is 196 Å². The number of furan rings is 1. The summed E-state index contributed by atoms with van der Waals surface area (Å²) >= 11 is 0. The molecule has 3 aromatic carbocycles. The van der Waals surface area contributed by atoms with Gasteiger partial charge in [-0.15, -0.1) is 0 Å². The molecule has 2 atom stereocenters. The molecule has 7 nitrogen and oxygen atoms in total. The van der Waals surface area contributed by atoms with Gasteiger partial charge in [-0.3, -0.25) is 4.90 Å². The highest BCUT2D eigenvalue weighted by Crippen LogP contribution is 2.47. The molecule has 0 unspecified atom stereocenters. The predicted molar refractivity (Wildman–Crippen MR) is 127 cm³/mol. The number of benzene rings is 3. The molecule has 4 aromatic rings. The number of aliphatic hydroxyl groups excluding tert-OH is 1. The van der Waals surface area contributed by atoms with Crippen LogP contribution in [0.25, 0.3) is 21.5 Å². The van der Waals surface area contributed by atoms with Crippen LogP contribution in [0.15, 0.2) is 53.3 Å². The van der Waals surface area contributed by atoms with Gasteiger partial charge in [0.15, 0.2) is 11.5 Å². The second kappa shape index (κ2) is 8.04. The molecule has 0 bridgehead atoms. The smallest absolute Gasteiger partial charge is 0.346 e. The van der Waals surface area contributed by atoms with Gasteiger partial charge in [0, 0.05) is 12.6 Å². The molecule has 2 aliphatic rings. The van der Waals surface area contributed by atoms with Crippen molar-refractivity contribution in [2.24, 2.45) is 0 Å². The Balaban J connectivity index is 1.59. The zero-order valence-corrected chi connectivity index (χ0v) is 19.0. The van der Waals surface area contributed by atoms with Crippen molar-refractivity contribution in [3.05, 3.63) is 65.6 Å². The fraction of sp³-hybridized carbons (Fsp3) is 0.296. The summed E-state index contributed by atoms with van der Waals surface area (Å²) in [4.78, 5) is 14.9. The van der Waals surface area contributed by atoms with Gasteiger partial charge in [0.2, 0.25) is 0 Å². The Kier molecular flexibility index (Phi) is 4.97. The Hall–Kier alpha value is -3.55. The fourth-order valence-electron chi connectivity index (χ4n) is 5.56. The fourth-order valence-corrected chi connectivity index (χ4v) is 5.56. The molecule has 0 aliphatic carbocycles. The highest BCUT2D eigenvalue weighted by atomic mass is 16.5. The number of carbonyl (C=O) groups is 1. The number of fused-ring (bicyclic) bond motifs is 7. The Bertz CT molecular complexity index is 1410. The van der Waals surface area contributed by atoms with Gasteiger partial charge in [0.25, 0.3) is 0 Å². The first-order chi connectivity index (χ1) is 16.6. The maximum absolute atomic E-state index is 12.5. The van der Waals surface area contributed by atoms with Crippen LogP contribution in [0.5, 0.6) is 17.2 Å². The van der Waals surface area contributed by atoms with Gasteiger partial charge in [-0.05, 0) is 82.4 Å². The highest BCUT2D eigenvalue weighted by molar-refractivity contribution is 6.12. The zero-order chi connectivity index (χ0) is 23.4. The van der Waals surface area contributed by atoms with E-state index in [2.05, 4.69) is 4.90 Å². The van der Waals surface area contributed by atoms with Crippen molar-refractivity contribution >= 4 is 27.5 Å². The van der Waals surface area contributed by atoms with Gasteiger partial charge >= 0.3 is 5.97 Å². The van der Waals surface area contributed by atoms with Crippen LogP contribution in [0, 0.1) is 0 Å². The number of aliphatic hydroxyl groups is 1. The molecule has 6 rings (SSSR count). The number of hydrogen-bond acceptors (Lipinski definition) is 7. The second-order valence-electron chi connectivity index (χ2n) is 8.88. The third kappa shape index (κ3) is 3.15. The molecule has 1 N–H and O–H groups in total. The molecule has 174 valence electrons. The first-order valence-corrected chi connectivity index (χ1v) is 11.4. The van der Waals surface area contributed by atoms with Crippen LogP contribution in [-0.2, 0) is 6.54 Å². The van der Waals surface area contributed by atoms with Crippen molar-refractivity contribution in [2.75, 3.05) is 20.8 Å². The third-order valence-electron chi connectivity index (χ3n) is 7.15. The Morgan fingerprint density at radius 1 is 1.03 bits per heavy atom. The van der Waals surface area contributed by atoms with Crippen molar-refractivity contribution in [3.63, 3.8) is 0 Å². The molecule has 1 fully saturated rings. The molecule has 3 heterocycles. The van der Waals surface area contributed by atoms with Gasteiger partial charge < -0.3 is 23.7 Å². The van der Waals surface area contributed by atoms with Gasteiger partial charge in [-0.2, -0.15) is 0 Å². The number of esters is 1. The van der Waals surface area contributed by atoms with E-state index in [4.69, 9.17) is 18.6 Å². The van der Waals surface area contributed by atoms with Crippen LogP contribution in [0.2, 0.25) is 0 Å². The van der Waals surface area contributed by atoms with E-state index in [9.17, 15) is 9.90 Å². The van der Waals surface area contributed by atoms with Crippen molar-refractivity contribution < 1.29 is 28.5 Å². The number of methoxy groups -OCH3 is 2. The summed E-state index contributed by atoms with van der Waals surface area (Å²) in [5.41, 5.74) is 2.40. The maximum atomic E-state index is 12.5. The summed E-state index contributed by atoms with van der Waals surface area (Å²) in [6.07, 6.45) is 4.26. The summed E-state index contributed by atoms with van der Waals surface area (Å²) in [7, 11) is 3.23. The number of nitrogens with zero attached hydrogens (tertiary/aromatic N) is 1. The van der Waals surface area contributed by atoms with Gasteiger partial charge in [-0.1, -0.05) is 6.07 Å². The van der Waals surface area contributed by atoms with Crippen LogP contribution in [0.4, 0.5) is 0 Å². The van der Waals surface area contributed by atoms with Gasteiger partial charge in [-0.25, -0.2) is 4.79 Å². The zero-order valence-electron chi connectivity index (χ0n) is 19.0. The second-order valence-corrected chi connectivity index (χ2v) is 8.88. The first-order valence-electron chi connectivity index (χ1n) is 11.4. The lowest BCUT2D eigenvalue weighted by atomic mass is 9.83. The number of hydrogen-bond donors (Lipinski definition) is 1. The minimum Gasteiger partial charge on any atom is -0.493 e. The minimum atomic E-state index is -0.592. The SMILES string of the molecule is COc1cc2c3c(c4ccc(OC(=O)c5ccoc5)cc4c2cc1OC)[C@H](O)[C@@H]1CCCN1C3. The van der Waals surface area contributed by atoms with Gasteiger partial charge in [0.05, 0.1) is 32.2 Å². The summed E-state index contributed by atoms with van der Waals surface area (Å²) in [6.45, 7) is 1.76. The molecular formula is C27H25NO6. The number of ether oxygens (including phenoxy) is 3. The van der Waals surface area contributed by atoms with Crippen molar-refractivity contribution in [2.45, 2.75) is 31.5 Å². The first kappa shape index (κ1) is 21.0. The molecule has 0 spiro atoms. The van der Waals surface area contributed by atoms with E-state index in [0.29, 0.717) is 22.8 Å². The normalized spacial score (nSPS) is 19.7. The average Bonchev–Trinajstić information content (AvgIpc) is 3.56. The largest absolute Gasteiger partial charge is 0.493 e. The quantitative estimate of drug-likeness (QED) is 0.266. The minimum absolute atomic E-state index is 0.117. The van der Waals surface area contributed by atoms with E-state index in [0.717, 1.165) is 58.6 Å². The lowest BCUT2D eigenvalue weighted by Gasteiger charge is -2.37. The van der Waals surface area contributed by atoms with Crippen LogP contribution in [0.1, 0.15) is 40.4 Å². The third-order valence-corrected chi connectivity index (χ3v) is 7.15. The van der Waals surface area contributed by atoms with E-state index >= 15 is 0 Å². The highest BCUT2D eigenvalue weighted by Gasteiger charge is 2.39. The molecule has 0 radical (unpaired) electrons. The molecule has 1 aromatic heterocycles. The number of rotatable bonds is 4. The topological polar surface area (TPSA) is 81.4 Å². The van der Waals surface area contributed by atoms with Crippen LogP contribution in [0.3, 0.4) is 0 Å². The number of carbonyl (C=O) groups excluding carboxylic acids is 1. The Morgan fingerprint density at radius 3 is 2.53 bits per heavy atom. The molecule has 1 saturated heterocycles. The summed E-state index contributed by atoms with van der Waals surface area (Å²) in [5, 5.41) is 15.3. The molecular weight excluding hydrogens is 434 g/mol. The maximum Gasteiger partial charge on any atom is 0.346 e. The van der Waals surface area contributed by atoms with Crippen LogP contribution >= 0.6 is 0 Å². The monoisotopic (exact) mass is 459 g/mol. The molecule has 0 amide bonds. The lowest BCUT2D eigenvalue weighted by Crippen LogP contribution is -2.39. The van der Waals surface area contributed by atoms with Crippen LogP contribution in [-0.4, -0.2) is 42.8 Å². The van der Waals surface area contributed by atoms with Crippen LogP contribution < -0.4 is 14.2 Å². The van der Waals surface area contributed by atoms with E-state index in [1.165, 1.54) is 12.5 Å². The van der Waals surface area contributed by atoms with E-state index in [1.54, 1.807) is 26.4 Å². The van der Waals surface area contributed by atoms with Crippen molar-refractivity contribution in [3.8, 4) is 17.2 Å². The summed E-state index contributed by atoms with van der Waals surface area (Å²) in [6, 6.07) is 11.2. The summed E-state index contributed by atoms with van der Waals surface area (Å²) < 4.78 is 21.8. The van der Waals surface area contributed by atoms with Gasteiger partial charge in [0.1, 0.15) is 12.0 Å². The molecule has 7 heteroatoms. The van der Waals surface area contributed by atoms with E-state index in [1.807, 2.05) is 24.3 Å². The summed E-state index contributed by atoms with van der Waals surface area (Å²) in [5.74, 6) is 1.18. The molecule has 2 aliphatic heterocycles. The lowest BCUT2D eigenvalue weighted by molar-refractivity contribution is 0.0552. The van der Waals surface area contributed by atoms with Crippen molar-refractivity contribution in [1.82, 2.24) is 4.90 Å². The standard InChI is InChI=1S/C27H25NO6/c1-31-23-11-19-18-10-16(34-27(30)15-7-9-33-14-15)5-6-17(18)25-21(20(19)12-24(23)32-2)13-28-8-3-4-22(28)26(25)29/h5-7,9-12,14,22,26,29H,3-4,8,13H2,1-2H3/t22-,26+/m0/s1. The average molecular weight is 459 g/mol. The molecule has 34 heavy (non-hydrogen) atoms. The predicted octanol–water partition coefficient (Wildman–Crippen LogP) is 4.83. The van der Waals surface area contributed by atoms with E-state index in [-0.39, 0.29) is 6.04 Å². The van der Waals surface area contributed by atoms with Crippen molar-refractivity contribution in [1.29, 1.82) is 0 Å². The Morgan fingerprint density at radius 2 is 1.79 bits per heavy atom. The van der Waals surface area contributed by atoms with E-state index < -0.39 is 12.1 Å². The molecule has 0 saturated carbocycles.